The number of rotatable bonds is 9. The molecule has 15 heteroatoms. The summed E-state index contributed by atoms with van der Waals surface area (Å²) in [5, 5.41) is 10.1. The van der Waals surface area contributed by atoms with Gasteiger partial charge in [-0.2, -0.15) is 24.9 Å². The van der Waals surface area contributed by atoms with Crippen molar-refractivity contribution in [2.45, 2.75) is 18.1 Å². The van der Waals surface area contributed by atoms with Crippen LogP contribution in [0.25, 0.3) is 22.2 Å². The molecule has 0 spiro atoms. The van der Waals surface area contributed by atoms with Crippen LogP contribution in [0.3, 0.4) is 0 Å². The number of aromatic amines is 1. The number of amides is 1. The Labute approximate surface area is 245 Å². The summed E-state index contributed by atoms with van der Waals surface area (Å²) in [6.07, 6.45) is -4.10. The number of nitrogens with one attached hydrogen (secondary N) is 1. The number of carbonyl (C=O) groups excluding carboxylic acids is 3. The summed E-state index contributed by atoms with van der Waals surface area (Å²) < 4.78 is 37.8. The van der Waals surface area contributed by atoms with Crippen molar-refractivity contribution in [1.29, 1.82) is 0 Å². The maximum atomic E-state index is 13.9. The van der Waals surface area contributed by atoms with E-state index in [1.54, 1.807) is 54.8 Å². The predicted octanol–water partition coefficient (Wildman–Crippen LogP) is 5.24. The number of alkyl halides is 3. The number of carboxylic acid groups (broad SMARTS) is 1. The van der Waals surface area contributed by atoms with Crippen LogP contribution in [0, 0.1) is 0 Å². The molecule has 0 fully saturated rings. The molecule has 4 N–H and O–H groups in total. The van der Waals surface area contributed by atoms with Gasteiger partial charge in [0.2, 0.25) is 0 Å². The number of Topliss-reactive ketones (excluding diaryl/α,β-unsaturated/α-hetero) is 1. The Hall–Kier alpha value is -4.89. The third-order valence-corrected chi connectivity index (χ3v) is 6.95. The number of thioether (sulfide) groups is 1. The van der Waals surface area contributed by atoms with Crippen molar-refractivity contribution in [1.82, 2.24) is 9.97 Å². The quantitative estimate of drug-likeness (QED) is 0.0980. The molecule has 0 aliphatic rings. The van der Waals surface area contributed by atoms with E-state index in [-0.39, 0.29) is 28.3 Å². The molecule has 4 rings (SSSR count). The van der Waals surface area contributed by atoms with E-state index in [1.807, 2.05) is 0 Å². The number of aromatic nitrogens is 2. The Kier molecular flexibility index (Phi) is 9.06. The van der Waals surface area contributed by atoms with Gasteiger partial charge in [0.1, 0.15) is 0 Å². The van der Waals surface area contributed by atoms with Crippen LogP contribution in [-0.4, -0.2) is 62.6 Å². The number of hydrogen-bond acceptors (Lipinski definition) is 9. The summed E-state index contributed by atoms with van der Waals surface area (Å²) in [7, 11) is 0. The molecule has 0 aliphatic heterocycles. The summed E-state index contributed by atoms with van der Waals surface area (Å²) >= 11 is 1.19. The molecule has 1 aromatic heterocycles. The lowest BCUT2D eigenvalue weighted by Crippen LogP contribution is -2.56. The second-order valence-electron chi connectivity index (χ2n) is 9.10. The molecule has 0 saturated heterocycles. The number of hydrogen-bond donors (Lipinski definition) is 3. The van der Waals surface area contributed by atoms with Gasteiger partial charge < -0.3 is 15.8 Å². The number of H-pyrrole nitrogens is 1. The van der Waals surface area contributed by atoms with Gasteiger partial charge in [0.25, 0.3) is 0 Å². The highest BCUT2D eigenvalue weighted by molar-refractivity contribution is 7.98. The minimum Gasteiger partial charge on any atom is -0.464 e. The van der Waals surface area contributed by atoms with Gasteiger partial charge in [0.05, 0.1) is 28.7 Å². The third-order valence-electron chi connectivity index (χ3n) is 6.34. The van der Waals surface area contributed by atoms with Crippen LogP contribution in [0.2, 0.25) is 0 Å². The first-order chi connectivity index (χ1) is 20.4. The van der Waals surface area contributed by atoms with Crippen LogP contribution in [0.5, 0.6) is 0 Å². The highest BCUT2D eigenvalue weighted by Crippen LogP contribution is 2.35. The molecule has 1 amide bonds. The number of ketones is 1. The zero-order valence-corrected chi connectivity index (χ0v) is 23.1. The smallest absolute Gasteiger partial charge is 0.464 e. The van der Waals surface area contributed by atoms with Gasteiger partial charge in [-0.25, -0.2) is 34.0 Å². The van der Waals surface area contributed by atoms with Crippen molar-refractivity contribution in [2.24, 2.45) is 5.73 Å². The Balaban J connectivity index is 1.80. The average Bonchev–Trinajstić information content (AvgIpc) is 3.46. The van der Waals surface area contributed by atoms with E-state index in [1.165, 1.54) is 36.3 Å². The number of carbonyl (C=O) groups is 4. The Morgan fingerprint density at radius 3 is 2.28 bits per heavy atom. The zero-order chi connectivity index (χ0) is 31.4. The van der Waals surface area contributed by atoms with Crippen LogP contribution >= 0.6 is 11.8 Å². The number of nitrogens with zero attached hydrogens (tertiary/aromatic N) is 2. The third kappa shape index (κ3) is 6.62. The van der Waals surface area contributed by atoms with E-state index in [0.717, 1.165) is 4.90 Å². The summed E-state index contributed by atoms with van der Waals surface area (Å²) in [5.74, 6) is -5.48. The zero-order valence-electron chi connectivity index (χ0n) is 22.3. The number of nitrogens with two attached hydrogens (primary N) is 1. The second-order valence-corrected chi connectivity index (χ2v) is 10.1. The average molecular weight is 617 g/mol. The molecular weight excluding hydrogens is 593 g/mol. The van der Waals surface area contributed by atoms with Gasteiger partial charge in [0.15, 0.2) is 11.3 Å². The van der Waals surface area contributed by atoms with Crippen molar-refractivity contribution < 1.29 is 47.2 Å². The van der Waals surface area contributed by atoms with Gasteiger partial charge >= 0.3 is 24.2 Å². The molecule has 43 heavy (non-hydrogen) atoms. The Morgan fingerprint density at radius 2 is 1.63 bits per heavy atom. The summed E-state index contributed by atoms with van der Waals surface area (Å²) in [6, 6.07) is 17.0. The summed E-state index contributed by atoms with van der Waals surface area (Å²) in [6.45, 7) is 0. The highest BCUT2D eigenvalue weighted by Gasteiger charge is 2.48. The van der Waals surface area contributed by atoms with Crippen LogP contribution < -0.4 is 10.6 Å². The first kappa shape index (κ1) is 31.1. The molecule has 1 unspecified atom stereocenters. The number of benzene rings is 3. The SMILES string of the molecule is CSCCC(N)(C(=O)OOC(=O)C(F)(F)F)C(=O)c1ccc(N(C(=O)O)c2ccc3nc[nH]c3c2)cc1-c1ccccc1. The Bertz CT molecular complexity index is 1680. The van der Waals surface area contributed by atoms with Crippen LogP contribution in [0.4, 0.5) is 29.3 Å². The molecule has 224 valence electrons. The minimum absolute atomic E-state index is 0.103. The van der Waals surface area contributed by atoms with Gasteiger partial charge in [-0.1, -0.05) is 30.3 Å². The molecule has 0 saturated carbocycles. The van der Waals surface area contributed by atoms with E-state index < -0.39 is 42.0 Å². The van der Waals surface area contributed by atoms with Crippen molar-refractivity contribution in [3.63, 3.8) is 0 Å². The fourth-order valence-electron chi connectivity index (χ4n) is 4.17. The number of anilines is 2. The number of imidazole rings is 1. The normalized spacial score (nSPS) is 12.8. The van der Waals surface area contributed by atoms with Gasteiger partial charge in [0, 0.05) is 5.56 Å². The first-order valence-corrected chi connectivity index (χ1v) is 13.7. The fraction of sp³-hybridized carbons (Fsp3) is 0.179. The van der Waals surface area contributed by atoms with Crippen LogP contribution in [0.15, 0.2) is 73.1 Å². The molecule has 4 aromatic rings. The lowest BCUT2D eigenvalue weighted by molar-refractivity contribution is -0.287. The minimum atomic E-state index is -5.46. The molecular formula is C28H23F3N4O7S. The fourth-order valence-corrected chi connectivity index (χ4v) is 4.69. The van der Waals surface area contributed by atoms with E-state index in [0.29, 0.717) is 16.6 Å². The van der Waals surface area contributed by atoms with Gasteiger partial charge in [-0.15, -0.1) is 0 Å². The lowest BCUT2D eigenvalue weighted by Gasteiger charge is -2.26. The van der Waals surface area contributed by atoms with Crippen molar-refractivity contribution >= 4 is 58.0 Å². The van der Waals surface area contributed by atoms with Gasteiger partial charge in [-0.05, 0) is 66.0 Å². The van der Waals surface area contributed by atoms with Crippen LogP contribution in [0.1, 0.15) is 16.8 Å². The first-order valence-electron chi connectivity index (χ1n) is 12.3. The molecule has 0 aliphatic carbocycles. The van der Waals surface area contributed by atoms with E-state index in [4.69, 9.17) is 5.73 Å². The lowest BCUT2D eigenvalue weighted by atomic mass is 9.84. The molecule has 1 heterocycles. The van der Waals surface area contributed by atoms with Gasteiger partial charge in [-0.3, -0.25) is 4.79 Å². The molecule has 11 nitrogen and oxygen atoms in total. The van der Waals surface area contributed by atoms with E-state index in [2.05, 4.69) is 19.7 Å². The van der Waals surface area contributed by atoms with Crippen molar-refractivity contribution in [3.05, 3.63) is 78.6 Å². The van der Waals surface area contributed by atoms with Crippen molar-refractivity contribution in [2.75, 3.05) is 16.9 Å². The molecule has 3 aromatic carbocycles. The Morgan fingerprint density at radius 1 is 0.977 bits per heavy atom. The second kappa shape index (κ2) is 12.5. The standard InChI is InChI=1S/C28H23F3N4O7S/c1-43-12-11-27(32,24(37)41-42-25(38)28(29,30)31)23(36)19-9-7-17(13-20(19)16-5-3-2-4-6-16)35(26(39)40)18-8-10-21-22(14-18)34-15-33-21/h2-10,13-15H,11-12,32H2,1H3,(H,33,34)(H,39,40). The topological polar surface area (TPSA) is 165 Å². The maximum Gasteiger partial charge on any atom is 0.495 e. The van der Waals surface area contributed by atoms with E-state index in [9.17, 15) is 37.5 Å². The number of halogens is 3. The molecule has 1 atom stereocenters. The van der Waals surface area contributed by atoms with E-state index >= 15 is 0 Å². The summed E-state index contributed by atoms with van der Waals surface area (Å²) in [5.41, 5.74) is 5.63. The monoisotopic (exact) mass is 616 g/mol. The van der Waals surface area contributed by atoms with Crippen LogP contribution in [-0.2, 0) is 19.4 Å². The van der Waals surface area contributed by atoms with Crippen molar-refractivity contribution in [3.8, 4) is 11.1 Å². The maximum absolute atomic E-state index is 13.9. The molecule has 0 radical (unpaired) electrons. The predicted molar refractivity (Wildman–Crippen MR) is 151 cm³/mol. The summed E-state index contributed by atoms with van der Waals surface area (Å²) in [4.78, 5) is 66.1. The number of fused-ring (bicyclic) bond motifs is 1. The largest absolute Gasteiger partial charge is 0.495 e. The molecule has 0 bridgehead atoms. The highest BCUT2D eigenvalue weighted by atomic mass is 32.2.